The van der Waals surface area contributed by atoms with Crippen LogP contribution in [-0.2, 0) is 4.79 Å². The quantitative estimate of drug-likeness (QED) is 0.601. The molecular formula is C21H18N2OS. The number of anilines is 2. The molecular weight excluding hydrogens is 328 g/mol. The van der Waals surface area contributed by atoms with Crippen LogP contribution >= 0.6 is 11.3 Å². The van der Waals surface area contributed by atoms with Crippen LogP contribution in [0, 0.1) is 0 Å². The van der Waals surface area contributed by atoms with E-state index in [-0.39, 0.29) is 5.91 Å². The summed E-state index contributed by atoms with van der Waals surface area (Å²) in [5.41, 5.74) is 5.20. The third-order valence-electron chi connectivity index (χ3n) is 4.35. The lowest BCUT2D eigenvalue weighted by Crippen LogP contribution is -2.24. The molecule has 25 heavy (non-hydrogen) atoms. The topological polar surface area (TPSA) is 32.7 Å². The average Bonchev–Trinajstić information content (AvgIpc) is 3.22. The molecule has 2 heterocycles. The molecule has 0 unspecified atom stereocenters. The Hall–Kier alpha value is -2.72. The van der Waals surface area contributed by atoms with E-state index >= 15 is 0 Å². The molecule has 2 aromatic carbocycles. The second-order valence-corrected chi connectivity index (χ2v) is 7.13. The maximum atomic E-state index is 13.1. The summed E-state index contributed by atoms with van der Waals surface area (Å²) in [6.45, 7) is 4.31. The van der Waals surface area contributed by atoms with Crippen LogP contribution in [-0.4, -0.2) is 11.6 Å². The Morgan fingerprint density at radius 1 is 1.04 bits per heavy atom. The second kappa shape index (κ2) is 6.30. The zero-order chi connectivity index (χ0) is 17.4. The van der Waals surface area contributed by atoms with Gasteiger partial charge in [0, 0.05) is 10.9 Å². The number of carbonyl (C=O) groups excluding carboxylic acids is 1. The Bertz CT molecular complexity index is 958. The summed E-state index contributed by atoms with van der Waals surface area (Å²) in [6.07, 6.45) is 0. The summed E-state index contributed by atoms with van der Waals surface area (Å²) in [6, 6.07) is 17.9. The monoisotopic (exact) mass is 346 g/mol. The lowest BCUT2D eigenvalue weighted by atomic mass is 10.0. The number of aliphatic imine (C=N–C) groups is 1. The van der Waals surface area contributed by atoms with Crippen LogP contribution in [0.4, 0.5) is 17.1 Å². The van der Waals surface area contributed by atoms with Crippen LogP contribution in [0.5, 0.6) is 0 Å². The van der Waals surface area contributed by atoms with Crippen LogP contribution < -0.4 is 4.90 Å². The molecule has 0 aliphatic carbocycles. The molecule has 3 nitrogen and oxygen atoms in total. The number of para-hydroxylation sites is 1. The molecule has 4 rings (SSSR count). The van der Waals surface area contributed by atoms with Crippen molar-refractivity contribution in [3.05, 3.63) is 76.5 Å². The van der Waals surface area contributed by atoms with Gasteiger partial charge in [0.05, 0.1) is 17.1 Å². The molecule has 0 bridgehead atoms. The lowest BCUT2D eigenvalue weighted by Gasteiger charge is -2.14. The highest BCUT2D eigenvalue weighted by atomic mass is 32.1. The molecule has 1 aliphatic rings. The van der Waals surface area contributed by atoms with Crippen molar-refractivity contribution in [1.82, 2.24) is 0 Å². The van der Waals surface area contributed by atoms with Gasteiger partial charge in [-0.15, -0.1) is 0 Å². The van der Waals surface area contributed by atoms with Gasteiger partial charge in [-0.1, -0.05) is 44.2 Å². The third kappa shape index (κ3) is 2.79. The van der Waals surface area contributed by atoms with Gasteiger partial charge in [0.15, 0.2) is 0 Å². The van der Waals surface area contributed by atoms with Gasteiger partial charge in [-0.05, 0) is 41.1 Å². The second-order valence-electron chi connectivity index (χ2n) is 6.35. The third-order valence-corrected chi connectivity index (χ3v) is 5.02. The number of fused-ring (bicyclic) bond motifs is 1. The first-order valence-electron chi connectivity index (χ1n) is 8.30. The van der Waals surface area contributed by atoms with Crippen LogP contribution in [0.3, 0.4) is 0 Å². The predicted octanol–water partition coefficient (Wildman–Crippen LogP) is 5.67. The van der Waals surface area contributed by atoms with Gasteiger partial charge in [0.25, 0.3) is 5.91 Å². The summed E-state index contributed by atoms with van der Waals surface area (Å²) < 4.78 is 0. The number of nitrogens with zero attached hydrogens (tertiary/aromatic N) is 2. The molecule has 0 radical (unpaired) electrons. The first-order valence-corrected chi connectivity index (χ1v) is 9.24. The van der Waals surface area contributed by atoms with Crippen molar-refractivity contribution in [3.8, 4) is 0 Å². The number of carbonyl (C=O) groups is 1. The number of benzene rings is 2. The summed E-state index contributed by atoms with van der Waals surface area (Å²) in [7, 11) is 0. The van der Waals surface area contributed by atoms with Gasteiger partial charge >= 0.3 is 0 Å². The molecule has 0 atom stereocenters. The van der Waals surface area contributed by atoms with Gasteiger partial charge in [-0.2, -0.15) is 11.3 Å². The van der Waals surface area contributed by atoms with E-state index in [1.54, 1.807) is 16.2 Å². The van der Waals surface area contributed by atoms with E-state index in [0.717, 1.165) is 22.6 Å². The number of amides is 1. The molecule has 124 valence electrons. The van der Waals surface area contributed by atoms with Crippen LogP contribution in [0.15, 0.2) is 70.3 Å². The van der Waals surface area contributed by atoms with Crippen molar-refractivity contribution < 1.29 is 4.79 Å². The van der Waals surface area contributed by atoms with Crippen molar-refractivity contribution in [3.63, 3.8) is 0 Å². The first-order chi connectivity index (χ1) is 12.1. The SMILES string of the molecule is CC(C)c1cccc(/N=C2\C(=O)N(c3ccsc3)c3ccccc32)c1. The molecule has 3 aromatic rings. The van der Waals surface area contributed by atoms with Gasteiger partial charge < -0.3 is 0 Å². The van der Waals surface area contributed by atoms with Crippen molar-refractivity contribution in [2.24, 2.45) is 4.99 Å². The minimum atomic E-state index is -0.0745. The number of hydrogen-bond acceptors (Lipinski definition) is 3. The lowest BCUT2D eigenvalue weighted by molar-refractivity contribution is -0.111. The van der Waals surface area contributed by atoms with Crippen LogP contribution in [0.25, 0.3) is 0 Å². The van der Waals surface area contributed by atoms with E-state index in [2.05, 4.69) is 26.0 Å². The summed E-state index contributed by atoms with van der Waals surface area (Å²) in [4.78, 5) is 19.5. The molecule has 0 spiro atoms. The zero-order valence-corrected chi connectivity index (χ0v) is 15.0. The first kappa shape index (κ1) is 15.8. The highest BCUT2D eigenvalue weighted by molar-refractivity contribution is 7.08. The van der Waals surface area contributed by atoms with Crippen LogP contribution in [0.2, 0.25) is 0 Å². The van der Waals surface area contributed by atoms with Crippen molar-refractivity contribution in [2.75, 3.05) is 4.90 Å². The summed E-state index contributed by atoms with van der Waals surface area (Å²) >= 11 is 1.58. The van der Waals surface area contributed by atoms with Gasteiger partial charge in [-0.3, -0.25) is 9.69 Å². The molecule has 1 aromatic heterocycles. The predicted molar refractivity (Wildman–Crippen MR) is 105 cm³/mol. The maximum absolute atomic E-state index is 13.1. The van der Waals surface area contributed by atoms with E-state index in [1.807, 2.05) is 53.2 Å². The summed E-state index contributed by atoms with van der Waals surface area (Å²) in [5, 5.41) is 3.96. The van der Waals surface area contributed by atoms with Crippen molar-refractivity contribution in [1.29, 1.82) is 0 Å². The van der Waals surface area contributed by atoms with E-state index < -0.39 is 0 Å². The van der Waals surface area contributed by atoms with E-state index in [4.69, 9.17) is 4.99 Å². The minimum Gasteiger partial charge on any atom is -0.274 e. The van der Waals surface area contributed by atoms with E-state index in [9.17, 15) is 4.79 Å². The van der Waals surface area contributed by atoms with Gasteiger partial charge in [-0.25, -0.2) is 4.99 Å². The van der Waals surface area contributed by atoms with Crippen LogP contribution in [0.1, 0.15) is 30.9 Å². The van der Waals surface area contributed by atoms with Crippen molar-refractivity contribution >= 4 is 40.0 Å². The molecule has 0 fully saturated rings. The Labute approximate surface area is 151 Å². The molecule has 1 amide bonds. The largest absolute Gasteiger partial charge is 0.282 e. The molecule has 4 heteroatoms. The Morgan fingerprint density at radius 3 is 2.64 bits per heavy atom. The van der Waals surface area contributed by atoms with Crippen molar-refractivity contribution in [2.45, 2.75) is 19.8 Å². The maximum Gasteiger partial charge on any atom is 0.282 e. The molecule has 0 N–H and O–H groups in total. The number of thiophene rings is 1. The Balaban J connectivity index is 1.83. The Kier molecular flexibility index (Phi) is 3.98. The van der Waals surface area contributed by atoms with Gasteiger partial charge in [0.2, 0.25) is 0 Å². The standard InChI is InChI=1S/C21H18N2OS/c1-14(2)15-6-5-7-16(12-15)22-20-18-8-3-4-9-19(18)23(21(20)24)17-10-11-25-13-17/h3-14H,1-2H3/b22-20-. The van der Waals surface area contributed by atoms with E-state index in [1.165, 1.54) is 5.56 Å². The smallest absolute Gasteiger partial charge is 0.274 e. The molecule has 0 saturated heterocycles. The average molecular weight is 346 g/mol. The fourth-order valence-electron chi connectivity index (χ4n) is 3.03. The minimum absolute atomic E-state index is 0.0745. The zero-order valence-electron chi connectivity index (χ0n) is 14.1. The summed E-state index contributed by atoms with van der Waals surface area (Å²) in [5.74, 6) is 0.351. The molecule has 0 saturated carbocycles. The molecule has 1 aliphatic heterocycles. The number of hydrogen-bond donors (Lipinski definition) is 0. The number of rotatable bonds is 3. The van der Waals surface area contributed by atoms with E-state index in [0.29, 0.717) is 11.6 Å². The highest BCUT2D eigenvalue weighted by Gasteiger charge is 2.34. The normalized spacial score (nSPS) is 15.2. The Morgan fingerprint density at radius 2 is 1.88 bits per heavy atom. The van der Waals surface area contributed by atoms with Gasteiger partial charge in [0.1, 0.15) is 5.71 Å². The fraction of sp³-hybridized carbons (Fsp3) is 0.143. The highest BCUT2D eigenvalue weighted by Crippen LogP contribution is 2.37. The fourth-order valence-corrected chi connectivity index (χ4v) is 3.65.